The van der Waals surface area contributed by atoms with E-state index in [0.29, 0.717) is 36.8 Å². The lowest BCUT2D eigenvalue weighted by Crippen LogP contribution is -2.65. The Morgan fingerprint density at radius 3 is 1.67 bits per heavy atom. The Hall–Kier alpha value is -5.88. The maximum absolute atomic E-state index is 14.2. The van der Waals surface area contributed by atoms with Crippen LogP contribution in [0.1, 0.15) is 84.3 Å². The highest BCUT2D eigenvalue weighted by atomic mass is 19.4. The summed E-state index contributed by atoms with van der Waals surface area (Å²) in [7, 11) is 0. The number of nitrogens with zero attached hydrogens (tertiary/aromatic N) is 2. The highest BCUT2D eigenvalue weighted by Crippen LogP contribution is 2.42. The summed E-state index contributed by atoms with van der Waals surface area (Å²) in [4.78, 5) is 94.4. The molecule has 4 atom stereocenters. The molecule has 2 heterocycles. The Bertz CT molecular complexity index is 1910. The van der Waals surface area contributed by atoms with Crippen molar-refractivity contribution in [2.24, 2.45) is 11.3 Å². The zero-order chi connectivity index (χ0) is 47.2. The summed E-state index contributed by atoms with van der Waals surface area (Å²) < 4.78 is 44.4. The summed E-state index contributed by atoms with van der Waals surface area (Å²) in [5, 5.41) is 22.8. The predicted octanol–water partition coefficient (Wildman–Crippen LogP) is 4.32. The number of amides is 7. The molecule has 352 valence electrons. The molecule has 6 N–H and O–H groups in total. The molecule has 4 rings (SSSR count). The van der Waals surface area contributed by atoms with Crippen molar-refractivity contribution in [1.82, 2.24) is 36.4 Å². The second-order valence-corrected chi connectivity index (χ2v) is 18.1. The molecule has 0 saturated carbocycles. The third-order valence-electron chi connectivity index (χ3n) is 11.1. The van der Waals surface area contributed by atoms with Crippen LogP contribution in [0, 0.1) is 11.3 Å². The molecule has 7 amide bonds. The Kier molecular flexibility index (Phi) is 18.0. The van der Waals surface area contributed by atoms with Crippen molar-refractivity contribution in [2.45, 2.75) is 122 Å². The van der Waals surface area contributed by atoms with Crippen molar-refractivity contribution in [3.8, 4) is 0 Å². The Morgan fingerprint density at radius 1 is 0.703 bits per heavy atom. The van der Waals surface area contributed by atoms with Crippen LogP contribution in [-0.4, -0.2) is 125 Å². The average Bonchev–Trinajstić information content (AvgIpc) is 3.20. The van der Waals surface area contributed by atoms with Crippen LogP contribution in [0.4, 0.5) is 22.8 Å². The number of carbonyl (C=O) groups is 7. The first-order valence-corrected chi connectivity index (χ1v) is 21.6. The number of halogens is 3. The molecule has 2 aliphatic rings. The molecule has 0 aliphatic carbocycles. The molecule has 16 nitrogen and oxygen atoms in total. The second-order valence-electron chi connectivity index (χ2n) is 18.1. The van der Waals surface area contributed by atoms with Gasteiger partial charge in [-0.1, -0.05) is 74.5 Å². The lowest BCUT2D eigenvalue weighted by atomic mass is 9.72. The van der Waals surface area contributed by atoms with E-state index in [1.807, 2.05) is 13.8 Å². The maximum Gasteiger partial charge on any atom is 0.471 e. The molecule has 2 fully saturated rings. The first-order valence-electron chi connectivity index (χ1n) is 21.6. The first-order chi connectivity index (χ1) is 30.0. The number of rotatable bonds is 19. The molecule has 2 saturated heterocycles. The fourth-order valence-corrected chi connectivity index (χ4v) is 7.85. The van der Waals surface area contributed by atoms with Crippen molar-refractivity contribution in [2.75, 3.05) is 32.7 Å². The molecule has 2 aliphatic heterocycles. The molecule has 64 heavy (non-hydrogen) atoms. The van der Waals surface area contributed by atoms with Crippen molar-refractivity contribution >= 4 is 41.7 Å². The smallest absolute Gasteiger partial charge is 0.465 e. The minimum absolute atomic E-state index is 0.00229. The molecular weight excluding hydrogens is 840 g/mol. The summed E-state index contributed by atoms with van der Waals surface area (Å²) in [6.45, 7) is 9.34. The summed E-state index contributed by atoms with van der Waals surface area (Å²) >= 11 is 0. The lowest BCUT2D eigenvalue weighted by Gasteiger charge is -2.54. The highest BCUT2D eigenvalue weighted by molar-refractivity contribution is 5.95. The molecule has 2 aromatic rings. The van der Waals surface area contributed by atoms with Crippen molar-refractivity contribution < 1.29 is 56.6 Å². The van der Waals surface area contributed by atoms with Crippen LogP contribution >= 0.6 is 0 Å². The van der Waals surface area contributed by atoms with Crippen LogP contribution in [0.15, 0.2) is 60.7 Å². The zero-order valence-electron chi connectivity index (χ0n) is 37.1. The SMILES string of the molecule is CC(C)CC(NC(=O)C(Cc1ccccc1)NC(=O)C(Cc1ccccc1)NC(=O)O)C(=O)NC(CCCCNC(=O)OC(C)(C)C)C(=O)N1CCC2(CC1)CN(C(=O)C(F)(F)F)C2. The van der Waals surface area contributed by atoms with Gasteiger partial charge >= 0.3 is 24.3 Å². The van der Waals surface area contributed by atoms with Gasteiger partial charge in [0.2, 0.25) is 23.6 Å². The van der Waals surface area contributed by atoms with Crippen molar-refractivity contribution in [1.29, 1.82) is 0 Å². The molecule has 1 spiro atoms. The van der Waals surface area contributed by atoms with Gasteiger partial charge in [-0.15, -0.1) is 0 Å². The van der Waals surface area contributed by atoms with Crippen LogP contribution < -0.4 is 26.6 Å². The molecule has 2 aromatic carbocycles. The van der Waals surface area contributed by atoms with Gasteiger partial charge in [0.05, 0.1) is 0 Å². The van der Waals surface area contributed by atoms with E-state index >= 15 is 0 Å². The third-order valence-corrected chi connectivity index (χ3v) is 11.1. The number of nitrogens with one attached hydrogen (secondary N) is 5. The number of benzene rings is 2. The fourth-order valence-electron chi connectivity index (χ4n) is 7.85. The first kappa shape index (κ1) is 50.8. The molecule has 19 heteroatoms. The third kappa shape index (κ3) is 16.0. The standard InChI is InChI=1S/C45H62F3N7O9/c1-29(2)24-33(51-37(57)34(25-30-14-8-6-9-15-30)52-38(58)35(53-41(61)62)26-31-16-10-7-11-17-31)36(56)50-32(18-12-13-21-49-42(63)64-43(3,4)5)39(59)54-22-19-44(20-23-54)27-55(28-44)40(60)45(46,47)48/h6-11,14-17,29,32-35,53H,12-13,18-28H2,1-5H3,(H,49,63)(H,50,56)(H,51,57)(H,52,58)(H,61,62). The van der Waals surface area contributed by atoms with Crippen molar-refractivity contribution in [3.63, 3.8) is 0 Å². The van der Waals surface area contributed by atoms with Gasteiger partial charge in [0.15, 0.2) is 0 Å². The van der Waals surface area contributed by atoms with E-state index in [1.165, 1.54) is 0 Å². The maximum atomic E-state index is 14.2. The van der Waals surface area contributed by atoms with E-state index < -0.39 is 83.1 Å². The Morgan fingerprint density at radius 2 is 1.19 bits per heavy atom. The number of alkyl halides is 3. The largest absolute Gasteiger partial charge is 0.471 e. The quantitative estimate of drug-likeness (QED) is 0.111. The number of hydrogen-bond acceptors (Lipinski definition) is 8. The van der Waals surface area contributed by atoms with Crippen LogP contribution in [-0.2, 0) is 41.6 Å². The number of piperidine rings is 1. The zero-order valence-corrected chi connectivity index (χ0v) is 37.1. The number of unbranched alkanes of at least 4 members (excludes halogenated alkanes) is 1. The Balaban J connectivity index is 1.50. The summed E-state index contributed by atoms with van der Waals surface area (Å²) in [6, 6.07) is 12.8. The predicted molar refractivity (Wildman–Crippen MR) is 229 cm³/mol. The summed E-state index contributed by atoms with van der Waals surface area (Å²) in [6.07, 6.45) is -5.24. The number of hydrogen-bond donors (Lipinski definition) is 6. The van der Waals surface area contributed by atoms with Crippen LogP contribution in [0.25, 0.3) is 0 Å². The van der Waals surface area contributed by atoms with Crippen molar-refractivity contribution in [3.05, 3.63) is 71.8 Å². The van der Waals surface area contributed by atoms with Gasteiger partial charge < -0.3 is 46.2 Å². The number of carboxylic acid groups (broad SMARTS) is 1. The van der Waals surface area contributed by atoms with Gasteiger partial charge in [-0.2, -0.15) is 13.2 Å². The van der Waals surface area contributed by atoms with Crippen LogP contribution in [0.3, 0.4) is 0 Å². The van der Waals surface area contributed by atoms with E-state index in [1.54, 1.807) is 86.3 Å². The summed E-state index contributed by atoms with van der Waals surface area (Å²) in [5.41, 5.74) is 0.0963. The number of carbonyl (C=O) groups excluding carboxylic acids is 6. The topological polar surface area (TPSA) is 216 Å². The highest BCUT2D eigenvalue weighted by Gasteiger charge is 2.53. The van der Waals surface area contributed by atoms with E-state index in [2.05, 4.69) is 26.6 Å². The van der Waals surface area contributed by atoms with Crippen LogP contribution in [0.2, 0.25) is 0 Å². The normalized spacial score (nSPS) is 16.6. The van der Waals surface area contributed by atoms with Gasteiger partial charge in [-0.3, -0.25) is 24.0 Å². The second kappa shape index (κ2) is 22.7. The van der Waals surface area contributed by atoms with Gasteiger partial charge in [0, 0.05) is 51.0 Å². The molecular formula is C45H62F3N7O9. The van der Waals surface area contributed by atoms with E-state index in [-0.39, 0.29) is 64.3 Å². The van der Waals surface area contributed by atoms with Gasteiger partial charge in [-0.05, 0) is 76.3 Å². The van der Waals surface area contributed by atoms with E-state index in [0.717, 1.165) is 4.90 Å². The lowest BCUT2D eigenvalue weighted by molar-refractivity contribution is -0.198. The average molecular weight is 902 g/mol. The minimum atomic E-state index is -4.97. The molecule has 4 unspecified atom stereocenters. The molecule has 0 radical (unpaired) electrons. The molecule has 0 bridgehead atoms. The Labute approximate surface area is 371 Å². The van der Waals surface area contributed by atoms with E-state index in [4.69, 9.17) is 4.74 Å². The van der Waals surface area contributed by atoms with Crippen LogP contribution in [0.5, 0.6) is 0 Å². The molecule has 0 aromatic heterocycles. The number of likely N-dealkylation sites (tertiary alicyclic amines) is 2. The van der Waals surface area contributed by atoms with E-state index in [9.17, 15) is 51.8 Å². The number of ether oxygens (including phenoxy) is 1. The fraction of sp³-hybridized carbons (Fsp3) is 0.578. The minimum Gasteiger partial charge on any atom is -0.465 e. The van der Waals surface area contributed by atoms with Gasteiger partial charge in [0.1, 0.15) is 29.8 Å². The van der Waals surface area contributed by atoms with Gasteiger partial charge in [-0.25, -0.2) is 9.59 Å². The number of alkyl carbamates (subject to hydrolysis) is 1. The monoisotopic (exact) mass is 901 g/mol. The van der Waals surface area contributed by atoms with Gasteiger partial charge in [0.25, 0.3) is 0 Å². The summed E-state index contributed by atoms with van der Waals surface area (Å²) in [5.74, 6) is -4.59.